The van der Waals surface area contributed by atoms with Gasteiger partial charge in [-0.05, 0) is 80.5 Å². The molecule has 3 aromatic rings. The van der Waals surface area contributed by atoms with E-state index < -0.39 is 21.7 Å². The normalized spacial score (nSPS) is 17.5. The molecular formula is C31H34FN3O5S. The first-order valence-electron chi connectivity index (χ1n) is 14.0. The van der Waals surface area contributed by atoms with Crippen molar-refractivity contribution in [1.82, 2.24) is 4.72 Å². The number of aryl methyl sites for hydroxylation is 1. The molecule has 1 heterocycles. The summed E-state index contributed by atoms with van der Waals surface area (Å²) >= 11 is 0. The summed E-state index contributed by atoms with van der Waals surface area (Å²) in [7, 11) is -4.06. The zero-order chi connectivity index (χ0) is 29.0. The van der Waals surface area contributed by atoms with Gasteiger partial charge in [-0.15, -0.1) is 0 Å². The Hall–Kier alpha value is -3.76. The molecule has 1 saturated heterocycles. The van der Waals surface area contributed by atoms with E-state index in [-0.39, 0.29) is 34.1 Å². The van der Waals surface area contributed by atoms with E-state index in [4.69, 9.17) is 4.74 Å². The lowest BCUT2D eigenvalue weighted by atomic mass is 9.88. The molecule has 1 fully saturated rings. The average molecular weight is 580 g/mol. The summed E-state index contributed by atoms with van der Waals surface area (Å²) in [5.74, 6) is -1.81. The number of fused-ring (bicyclic) bond motifs is 1. The molecule has 0 aromatic heterocycles. The fourth-order valence-electron chi connectivity index (χ4n) is 5.66. The first-order valence-corrected chi connectivity index (χ1v) is 15.5. The molecule has 2 N–H and O–H groups in total. The maximum Gasteiger partial charge on any atom is 0.309 e. The van der Waals surface area contributed by atoms with Crippen LogP contribution in [0.2, 0.25) is 0 Å². The van der Waals surface area contributed by atoms with Crippen LogP contribution in [-0.2, 0) is 26.0 Å². The van der Waals surface area contributed by atoms with Crippen LogP contribution in [0.5, 0.6) is 0 Å². The highest BCUT2D eigenvalue weighted by Crippen LogP contribution is 2.35. The maximum absolute atomic E-state index is 14.2. The molecule has 2 aliphatic rings. The molecular weight excluding hydrogens is 545 g/mol. The summed E-state index contributed by atoms with van der Waals surface area (Å²) in [5, 5.41) is 2.65. The molecule has 0 saturated carbocycles. The number of rotatable bonds is 8. The van der Waals surface area contributed by atoms with Crippen molar-refractivity contribution >= 4 is 33.3 Å². The standard InChI is InChI=1S/C31H34FN3O5S/c1-2-40-31(37)22-16-18-35(19-17-22)28-15-14-23(33-30(36)25-11-5-6-12-26(25)32)20-29(28)41(38,39)34-27-13-7-9-21-8-3-4-10-24(21)27/h3-6,8,10-12,14-15,20,22,27,34H,2,7,9,13,16-19H2,1H3,(H,33,36)/t27-/m1/s1. The van der Waals surface area contributed by atoms with Gasteiger partial charge >= 0.3 is 5.97 Å². The molecule has 1 amide bonds. The molecule has 216 valence electrons. The highest BCUT2D eigenvalue weighted by molar-refractivity contribution is 7.89. The fraction of sp³-hybridized carbons (Fsp3) is 0.355. The van der Waals surface area contributed by atoms with Crippen molar-refractivity contribution in [1.29, 1.82) is 0 Å². The van der Waals surface area contributed by atoms with E-state index in [1.54, 1.807) is 25.1 Å². The van der Waals surface area contributed by atoms with E-state index in [1.807, 2.05) is 29.2 Å². The second kappa shape index (κ2) is 12.4. The highest BCUT2D eigenvalue weighted by Gasteiger charge is 2.32. The van der Waals surface area contributed by atoms with Crippen molar-refractivity contribution < 1.29 is 27.1 Å². The van der Waals surface area contributed by atoms with Gasteiger partial charge in [-0.3, -0.25) is 9.59 Å². The quantitative estimate of drug-likeness (QED) is 0.355. The van der Waals surface area contributed by atoms with E-state index in [0.29, 0.717) is 44.6 Å². The number of anilines is 2. The van der Waals surface area contributed by atoms with Crippen molar-refractivity contribution in [3.63, 3.8) is 0 Å². The summed E-state index contributed by atoms with van der Waals surface area (Å²) in [6, 6.07) is 17.7. The zero-order valence-corrected chi connectivity index (χ0v) is 23.8. The molecule has 1 atom stereocenters. The summed E-state index contributed by atoms with van der Waals surface area (Å²) < 4.78 is 50.3. The van der Waals surface area contributed by atoms with Crippen LogP contribution in [0.15, 0.2) is 71.6 Å². The van der Waals surface area contributed by atoms with Crippen LogP contribution in [0, 0.1) is 11.7 Å². The first-order chi connectivity index (χ1) is 19.8. The van der Waals surface area contributed by atoms with Gasteiger partial charge in [0.15, 0.2) is 0 Å². The van der Waals surface area contributed by atoms with Gasteiger partial charge < -0.3 is 15.0 Å². The molecule has 3 aromatic carbocycles. The van der Waals surface area contributed by atoms with Gasteiger partial charge in [0.25, 0.3) is 5.91 Å². The zero-order valence-electron chi connectivity index (χ0n) is 22.9. The molecule has 10 heteroatoms. The molecule has 5 rings (SSSR count). The number of hydrogen-bond acceptors (Lipinski definition) is 6. The number of halogens is 1. The van der Waals surface area contributed by atoms with Crippen LogP contribution in [0.1, 0.15) is 60.1 Å². The third kappa shape index (κ3) is 6.44. The Balaban J connectivity index is 1.45. The van der Waals surface area contributed by atoms with Crippen LogP contribution < -0.4 is 14.9 Å². The molecule has 41 heavy (non-hydrogen) atoms. The van der Waals surface area contributed by atoms with Crippen molar-refractivity contribution in [2.75, 3.05) is 29.9 Å². The van der Waals surface area contributed by atoms with Gasteiger partial charge in [-0.25, -0.2) is 17.5 Å². The smallest absolute Gasteiger partial charge is 0.309 e. The van der Waals surface area contributed by atoms with E-state index in [1.165, 1.54) is 24.3 Å². The van der Waals surface area contributed by atoms with Gasteiger partial charge in [-0.1, -0.05) is 36.4 Å². The molecule has 1 aliphatic carbocycles. The van der Waals surface area contributed by atoms with Crippen LogP contribution in [0.4, 0.5) is 15.8 Å². The molecule has 0 bridgehead atoms. The van der Waals surface area contributed by atoms with Crippen LogP contribution >= 0.6 is 0 Å². The van der Waals surface area contributed by atoms with Crippen LogP contribution in [0.3, 0.4) is 0 Å². The molecule has 8 nitrogen and oxygen atoms in total. The Bertz CT molecular complexity index is 1540. The lowest BCUT2D eigenvalue weighted by Crippen LogP contribution is -2.38. The third-order valence-electron chi connectivity index (χ3n) is 7.75. The largest absolute Gasteiger partial charge is 0.466 e. The third-order valence-corrected chi connectivity index (χ3v) is 9.25. The Labute approximate surface area is 240 Å². The Morgan fingerprint density at radius 1 is 1.00 bits per heavy atom. The van der Waals surface area contributed by atoms with Crippen LogP contribution in [0.25, 0.3) is 0 Å². The minimum Gasteiger partial charge on any atom is -0.466 e. The fourth-order valence-corrected chi connectivity index (χ4v) is 7.16. The number of sulfonamides is 1. The van der Waals surface area contributed by atoms with Crippen molar-refractivity contribution in [2.24, 2.45) is 5.92 Å². The SMILES string of the molecule is CCOC(=O)C1CCN(c2ccc(NC(=O)c3ccccc3F)cc2S(=O)(=O)N[C@@H]2CCCc3ccccc32)CC1. The minimum atomic E-state index is -4.06. The lowest BCUT2D eigenvalue weighted by molar-refractivity contribution is -0.148. The maximum atomic E-state index is 14.2. The van der Waals surface area contributed by atoms with E-state index in [0.717, 1.165) is 24.0 Å². The second-order valence-electron chi connectivity index (χ2n) is 10.4. The predicted molar refractivity (Wildman–Crippen MR) is 155 cm³/mol. The lowest BCUT2D eigenvalue weighted by Gasteiger charge is -2.34. The number of nitrogens with zero attached hydrogens (tertiary/aromatic N) is 1. The van der Waals surface area contributed by atoms with Gasteiger partial charge in [0.1, 0.15) is 10.7 Å². The summed E-state index contributed by atoms with van der Waals surface area (Å²) in [5.41, 5.74) is 2.65. The summed E-state index contributed by atoms with van der Waals surface area (Å²) in [6.07, 6.45) is 3.49. The first kappa shape index (κ1) is 28.8. The molecule has 1 aliphatic heterocycles. The number of carbonyl (C=O) groups is 2. The van der Waals surface area contributed by atoms with Gasteiger partial charge in [0.05, 0.1) is 23.8 Å². The molecule has 0 radical (unpaired) electrons. The predicted octanol–water partition coefficient (Wildman–Crippen LogP) is 5.21. The Morgan fingerprint density at radius 2 is 1.73 bits per heavy atom. The number of carbonyl (C=O) groups excluding carboxylic acids is 2. The minimum absolute atomic E-state index is 0.0153. The Morgan fingerprint density at radius 3 is 2.49 bits per heavy atom. The van der Waals surface area contributed by atoms with Gasteiger partial charge in [-0.2, -0.15) is 0 Å². The van der Waals surface area contributed by atoms with Gasteiger partial charge in [0.2, 0.25) is 10.0 Å². The summed E-state index contributed by atoms with van der Waals surface area (Å²) in [6.45, 7) is 3.03. The average Bonchev–Trinajstić information content (AvgIpc) is 2.97. The molecule has 0 spiro atoms. The monoisotopic (exact) mass is 579 g/mol. The number of benzene rings is 3. The van der Waals surface area contributed by atoms with E-state index in [2.05, 4.69) is 10.0 Å². The number of esters is 1. The molecule has 0 unspecified atom stereocenters. The number of piperidine rings is 1. The highest BCUT2D eigenvalue weighted by atomic mass is 32.2. The van der Waals surface area contributed by atoms with E-state index >= 15 is 0 Å². The number of amides is 1. The topological polar surface area (TPSA) is 105 Å². The second-order valence-corrected chi connectivity index (χ2v) is 12.1. The number of ether oxygens (including phenoxy) is 1. The number of nitrogens with one attached hydrogen (secondary N) is 2. The van der Waals surface area contributed by atoms with Crippen molar-refractivity contribution in [3.8, 4) is 0 Å². The van der Waals surface area contributed by atoms with Crippen LogP contribution in [-0.4, -0.2) is 40.0 Å². The number of hydrogen-bond donors (Lipinski definition) is 2. The Kier molecular flexibility index (Phi) is 8.70. The van der Waals surface area contributed by atoms with Crippen molar-refractivity contribution in [3.05, 3.63) is 89.2 Å². The van der Waals surface area contributed by atoms with Crippen molar-refractivity contribution in [2.45, 2.75) is 50.0 Å². The van der Waals surface area contributed by atoms with E-state index in [9.17, 15) is 22.4 Å². The summed E-state index contributed by atoms with van der Waals surface area (Å²) in [4.78, 5) is 27.0. The van der Waals surface area contributed by atoms with Gasteiger partial charge in [0, 0.05) is 24.8 Å².